The maximum Gasteiger partial charge on any atom is 0.0700 e. The molecule has 4 nitrogen and oxygen atoms in total. The van der Waals surface area contributed by atoms with Crippen LogP contribution in [0.5, 0.6) is 0 Å². The predicted octanol–water partition coefficient (Wildman–Crippen LogP) is -0.229. The zero-order chi connectivity index (χ0) is 9.47. The molecule has 0 spiro atoms. The third-order valence-corrected chi connectivity index (χ3v) is 2.90. The van der Waals surface area contributed by atoms with E-state index in [0.717, 1.165) is 18.5 Å². The Bertz CT molecular complexity index is 302. The quantitative estimate of drug-likeness (QED) is 0.662. The SMILES string of the molecule is Cn1ccc(C2(CN)CC(O)C2)n1. The minimum Gasteiger partial charge on any atom is -0.393 e. The van der Waals surface area contributed by atoms with E-state index in [2.05, 4.69) is 5.10 Å². The van der Waals surface area contributed by atoms with Crippen LogP contribution in [0.3, 0.4) is 0 Å². The number of hydrogen-bond acceptors (Lipinski definition) is 3. The van der Waals surface area contributed by atoms with Crippen LogP contribution in [0.2, 0.25) is 0 Å². The molecule has 0 bridgehead atoms. The highest BCUT2D eigenvalue weighted by molar-refractivity contribution is 5.21. The smallest absolute Gasteiger partial charge is 0.0700 e. The summed E-state index contributed by atoms with van der Waals surface area (Å²) in [6.45, 7) is 0.571. The molecule has 0 atom stereocenters. The van der Waals surface area contributed by atoms with Crippen LogP contribution in [0.4, 0.5) is 0 Å². The molecule has 1 aromatic heterocycles. The lowest BCUT2D eigenvalue weighted by atomic mass is 9.65. The average Bonchev–Trinajstić information content (AvgIpc) is 2.46. The summed E-state index contributed by atoms with van der Waals surface area (Å²) in [7, 11) is 1.89. The average molecular weight is 181 g/mol. The van der Waals surface area contributed by atoms with Gasteiger partial charge in [-0.2, -0.15) is 5.10 Å². The summed E-state index contributed by atoms with van der Waals surface area (Å²) in [4.78, 5) is 0. The molecule has 1 saturated carbocycles. The van der Waals surface area contributed by atoms with Crippen LogP contribution in [0, 0.1) is 0 Å². The Hall–Kier alpha value is -0.870. The van der Waals surface area contributed by atoms with Crippen LogP contribution in [0.25, 0.3) is 0 Å². The Labute approximate surface area is 77.4 Å². The minimum absolute atomic E-state index is 0.0549. The normalized spacial score (nSPS) is 33.0. The van der Waals surface area contributed by atoms with E-state index in [1.54, 1.807) is 4.68 Å². The molecule has 3 N–H and O–H groups in total. The van der Waals surface area contributed by atoms with Gasteiger partial charge in [-0.25, -0.2) is 0 Å². The summed E-state index contributed by atoms with van der Waals surface area (Å²) in [5.74, 6) is 0. The lowest BCUT2D eigenvalue weighted by Gasteiger charge is -2.43. The third-order valence-electron chi connectivity index (χ3n) is 2.90. The van der Waals surface area contributed by atoms with Crippen LogP contribution in [0.1, 0.15) is 18.5 Å². The van der Waals surface area contributed by atoms with Crippen LogP contribution in [-0.4, -0.2) is 27.5 Å². The first kappa shape index (κ1) is 8.72. The number of aliphatic hydroxyl groups is 1. The number of rotatable bonds is 2. The first-order valence-electron chi connectivity index (χ1n) is 4.54. The largest absolute Gasteiger partial charge is 0.393 e. The lowest BCUT2D eigenvalue weighted by molar-refractivity contribution is 0.0198. The molecule has 0 saturated heterocycles. The number of aliphatic hydroxyl groups excluding tert-OH is 1. The molecular formula is C9H15N3O. The van der Waals surface area contributed by atoms with Gasteiger partial charge in [0.15, 0.2) is 0 Å². The summed E-state index contributed by atoms with van der Waals surface area (Å²) in [5, 5.41) is 13.6. The molecule has 0 aromatic carbocycles. The van der Waals surface area contributed by atoms with Gasteiger partial charge < -0.3 is 10.8 Å². The summed E-state index contributed by atoms with van der Waals surface area (Å²) in [5.41, 5.74) is 6.67. The zero-order valence-electron chi connectivity index (χ0n) is 7.77. The van der Waals surface area contributed by atoms with Crippen molar-refractivity contribution in [1.82, 2.24) is 9.78 Å². The van der Waals surface area contributed by atoms with Crippen LogP contribution in [0.15, 0.2) is 12.3 Å². The van der Waals surface area contributed by atoms with Crippen molar-refractivity contribution in [3.05, 3.63) is 18.0 Å². The van der Waals surface area contributed by atoms with Gasteiger partial charge in [-0.3, -0.25) is 4.68 Å². The Morgan fingerprint density at radius 3 is 2.85 bits per heavy atom. The van der Waals surface area contributed by atoms with Crippen molar-refractivity contribution in [2.24, 2.45) is 12.8 Å². The number of nitrogens with zero attached hydrogens (tertiary/aromatic N) is 2. The fourth-order valence-electron chi connectivity index (χ4n) is 2.02. The van der Waals surface area contributed by atoms with Gasteiger partial charge in [0.25, 0.3) is 0 Å². The second-order valence-corrected chi connectivity index (χ2v) is 3.92. The predicted molar refractivity (Wildman–Crippen MR) is 49.2 cm³/mol. The molecule has 4 heteroatoms. The van der Waals surface area contributed by atoms with E-state index in [0.29, 0.717) is 6.54 Å². The number of aryl methyl sites for hydroxylation is 1. The van der Waals surface area contributed by atoms with Crippen LogP contribution >= 0.6 is 0 Å². The van der Waals surface area contributed by atoms with E-state index in [4.69, 9.17) is 5.73 Å². The van der Waals surface area contributed by atoms with Crippen molar-refractivity contribution in [3.8, 4) is 0 Å². The summed E-state index contributed by atoms with van der Waals surface area (Å²) < 4.78 is 1.78. The van der Waals surface area contributed by atoms with Gasteiger partial charge in [0.2, 0.25) is 0 Å². The zero-order valence-corrected chi connectivity index (χ0v) is 7.77. The van der Waals surface area contributed by atoms with Crippen molar-refractivity contribution < 1.29 is 5.11 Å². The van der Waals surface area contributed by atoms with Crippen LogP contribution < -0.4 is 5.73 Å². The van der Waals surface area contributed by atoms with Gasteiger partial charge in [-0.1, -0.05) is 0 Å². The minimum atomic E-state index is -0.189. The van der Waals surface area contributed by atoms with Crippen molar-refractivity contribution in [2.45, 2.75) is 24.4 Å². The molecule has 0 amide bonds. The third kappa shape index (κ3) is 1.26. The van der Waals surface area contributed by atoms with E-state index in [-0.39, 0.29) is 11.5 Å². The van der Waals surface area contributed by atoms with E-state index >= 15 is 0 Å². The monoisotopic (exact) mass is 181 g/mol. The number of aromatic nitrogens is 2. The summed E-state index contributed by atoms with van der Waals surface area (Å²) >= 11 is 0. The number of nitrogens with two attached hydrogens (primary N) is 1. The maximum atomic E-state index is 9.29. The van der Waals surface area contributed by atoms with E-state index in [1.165, 1.54) is 0 Å². The van der Waals surface area contributed by atoms with Gasteiger partial charge in [0.05, 0.1) is 11.8 Å². The van der Waals surface area contributed by atoms with Gasteiger partial charge in [-0.05, 0) is 18.9 Å². The highest BCUT2D eigenvalue weighted by Crippen LogP contribution is 2.41. The topological polar surface area (TPSA) is 64.1 Å². The van der Waals surface area contributed by atoms with Crippen molar-refractivity contribution >= 4 is 0 Å². The molecule has 0 aliphatic heterocycles. The second-order valence-electron chi connectivity index (χ2n) is 3.92. The van der Waals surface area contributed by atoms with Gasteiger partial charge in [-0.15, -0.1) is 0 Å². The van der Waals surface area contributed by atoms with E-state index < -0.39 is 0 Å². The molecule has 0 unspecified atom stereocenters. The van der Waals surface area contributed by atoms with Gasteiger partial charge >= 0.3 is 0 Å². The Morgan fingerprint density at radius 1 is 1.77 bits per heavy atom. The van der Waals surface area contributed by atoms with E-state index in [9.17, 15) is 5.11 Å². The fourth-order valence-corrected chi connectivity index (χ4v) is 2.02. The lowest BCUT2D eigenvalue weighted by Crippen LogP contribution is -2.50. The van der Waals surface area contributed by atoms with Crippen molar-refractivity contribution in [2.75, 3.05) is 6.54 Å². The highest BCUT2D eigenvalue weighted by Gasteiger charge is 2.45. The Balaban J connectivity index is 2.23. The fraction of sp³-hybridized carbons (Fsp3) is 0.667. The van der Waals surface area contributed by atoms with Crippen molar-refractivity contribution in [1.29, 1.82) is 0 Å². The first-order chi connectivity index (χ1) is 6.16. The van der Waals surface area contributed by atoms with Gasteiger partial charge in [0, 0.05) is 25.2 Å². The summed E-state index contributed by atoms with van der Waals surface area (Å²) in [6.07, 6.45) is 3.23. The molecular weight excluding hydrogens is 166 g/mol. The van der Waals surface area contributed by atoms with E-state index in [1.807, 2.05) is 19.3 Å². The summed E-state index contributed by atoms with van der Waals surface area (Å²) in [6, 6.07) is 1.98. The van der Waals surface area contributed by atoms with Gasteiger partial charge in [0.1, 0.15) is 0 Å². The Kier molecular flexibility index (Phi) is 1.89. The molecule has 72 valence electrons. The van der Waals surface area contributed by atoms with Crippen molar-refractivity contribution in [3.63, 3.8) is 0 Å². The molecule has 1 aliphatic rings. The molecule has 1 aliphatic carbocycles. The first-order valence-corrected chi connectivity index (χ1v) is 4.54. The molecule has 0 radical (unpaired) electrons. The maximum absolute atomic E-state index is 9.29. The highest BCUT2D eigenvalue weighted by atomic mass is 16.3. The molecule has 1 aromatic rings. The second kappa shape index (κ2) is 2.82. The number of hydrogen-bond donors (Lipinski definition) is 2. The standard InChI is InChI=1S/C9H15N3O/c1-12-3-2-8(11-12)9(6-10)4-7(13)5-9/h2-3,7,13H,4-6,10H2,1H3. The molecule has 1 fully saturated rings. The molecule has 1 heterocycles. The molecule has 13 heavy (non-hydrogen) atoms. The molecule has 2 rings (SSSR count). The Morgan fingerprint density at radius 2 is 2.46 bits per heavy atom. The van der Waals surface area contributed by atoms with Crippen LogP contribution in [-0.2, 0) is 12.5 Å².